The number of pyridine rings is 1. The number of aromatic nitrogens is 1. The minimum absolute atomic E-state index is 0.0692. The lowest BCUT2D eigenvalue weighted by Gasteiger charge is -2.43. The molecule has 5 nitrogen and oxygen atoms in total. The van der Waals surface area contributed by atoms with Crippen LogP contribution in [0, 0.1) is 0 Å². The van der Waals surface area contributed by atoms with Crippen LogP contribution in [0.25, 0.3) is 0 Å². The highest BCUT2D eigenvalue weighted by molar-refractivity contribution is 6.29. The summed E-state index contributed by atoms with van der Waals surface area (Å²) in [5.41, 5.74) is 0.532. The molecule has 6 heteroatoms. The molecule has 1 amide bonds. The van der Waals surface area contributed by atoms with Gasteiger partial charge in [-0.15, -0.1) is 0 Å². The van der Waals surface area contributed by atoms with Gasteiger partial charge in [0.25, 0.3) is 0 Å². The van der Waals surface area contributed by atoms with E-state index in [1.807, 2.05) is 31.7 Å². The van der Waals surface area contributed by atoms with Crippen molar-refractivity contribution >= 4 is 23.4 Å². The molecule has 0 radical (unpaired) electrons. The van der Waals surface area contributed by atoms with Gasteiger partial charge in [-0.3, -0.25) is 4.90 Å². The van der Waals surface area contributed by atoms with E-state index in [0.29, 0.717) is 11.7 Å². The Morgan fingerprint density at radius 1 is 1.32 bits per heavy atom. The Hall–Kier alpha value is -1.49. The zero-order valence-electron chi connectivity index (χ0n) is 13.3. The number of hydrogen-bond donors (Lipinski definition) is 0. The van der Waals surface area contributed by atoms with Crippen molar-refractivity contribution in [2.75, 3.05) is 24.5 Å². The van der Waals surface area contributed by atoms with Crippen LogP contribution in [0.4, 0.5) is 10.5 Å². The average Bonchev–Trinajstić information content (AvgIpc) is 3.17. The molecule has 1 aromatic heterocycles. The van der Waals surface area contributed by atoms with E-state index in [2.05, 4.69) is 9.88 Å². The second-order valence-electron chi connectivity index (χ2n) is 7.12. The Bertz CT molecular complexity index is 564. The maximum absolute atomic E-state index is 12.4. The third-order valence-electron chi connectivity index (χ3n) is 4.17. The van der Waals surface area contributed by atoms with Crippen LogP contribution in [0.5, 0.6) is 0 Å². The summed E-state index contributed by atoms with van der Waals surface area (Å²) >= 11 is 5.85. The molecule has 0 N–H and O–H groups in total. The van der Waals surface area contributed by atoms with Crippen LogP contribution in [0.3, 0.4) is 0 Å². The summed E-state index contributed by atoms with van der Waals surface area (Å²) in [5.74, 6) is 0. The van der Waals surface area contributed by atoms with Gasteiger partial charge < -0.3 is 9.64 Å². The summed E-state index contributed by atoms with van der Waals surface area (Å²) in [4.78, 5) is 20.7. The van der Waals surface area contributed by atoms with Gasteiger partial charge in [-0.2, -0.15) is 0 Å². The maximum Gasteiger partial charge on any atom is 0.410 e. The van der Waals surface area contributed by atoms with Crippen molar-refractivity contribution < 1.29 is 9.53 Å². The lowest BCUT2D eigenvalue weighted by molar-refractivity contribution is 0.0106. The second kappa shape index (κ2) is 5.30. The number of carbonyl (C=O) groups excluding carboxylic acids is 1. The summed E-state index contributed by atoms with van der Waals surface area (Å²) in [7, 11) is 0. The van der Waals surface area contributed by atoms with Gasteiger partial charge in [0, 0.05) is 19.6 Å². The Morgan fingerprint density at radius 3 is 2.59 bits per heavy atom. The van der Waals surface area contributed by atoms with Crippen molar-refractivity contribution in [1.29, 1.82) is 0 Å². The summed E-state index contributed by atoms with van der Waals surface area (Å²) in [5, 5.41) is 0.497. The number of amides is 1. The van der Waals surface area contributed by atoms with Crippen molar-refractivity contribution in [3.63, 3.8) is 0 Å². The molecule has 1 aliphatic carbocycles. The van der Waals surface area contributed by atoms with Crippen molar-refractivity contribution in [2.45, 2.75) is 44.8 Å². The van der Waals surface area contributed by atoms with Gasteiger partial charge in [-0.1, -0.05) is 11.6 Å². The summed E-state index contributed by atoms with van der Waals surface area (Å²) in [6.45, 7) is 8.00. The molecule has 0 bridgehead atoms. The number of anilines is 1. The Morgan fingerprint density at radius 2 is 2.05 bits per heavy atom. The SMILES string of the molecule is CC(C)(C)OC(=O)N1CCN(c2ccc(Cl)nc2)CC12CC2. The van der Waals surface area contributed by atoms with E-state index in [1.54, 1.807) is 12.3 Å². The van der Waals surface area contributed by atoms with Crippen LogP contribution in [0.2, 0.25) is 5.15 Å². The third-order valence-corrected chi connectivity index (χ3v) is 4.39. The van der Waals surface area contributed by atoms with Gasteiger partial charge in [-0.25, -0.2) is 9.78 Å². The number of carbonyl (C=O) groups is 1. The van der Waals surface area contributed by atoms with Crippen LogP contribution in [-0.4, -0.2) is 46.8 Å². The lowest BCUT2D eigenvalue weighted by Crippen LogP contribution is -2.58. The molecule has 3 rings (SSSR count). The van der Waals surface area contributed by atoms with Crippen LogP contribution in [-0.2, 0) is 4.74 Å². The van der Waals surface area contributed by atoms with Crippen LogP contribution < -0.4 is 4.90 Å². The first-order valence-electron chi connectivity index (χ1n) is 7.66. The quantitative estimate of drug-likeness (QED) is 0.744. The summed E-state index contributed by atoms with van der Waals surface area (Å²) in [6.07, 6.45) is 3.66. The molecule has 2 aliphatic rings. The van der Waals surface area contributed by atoms with Crippen LogP contribution in [0.1, 0.15) is 33.6 Å². The largest absolute Gasteiger partial charge is 0.444 e. The minimum Gasteiger partial charge on any atom is -0.444 e. The molecule has 120 valence electrons. The monoisotopic (exact) mass is 323 g/mol. The first kappa shape index (κ1) is 15.4. The molecule has 0 aromatic carbocycles. The highest BCUT2D eigenvalue weighted by Gasteiger charge is 2.54. The number of ether oxygens (including phenoxy) is 1. The third kappa shape index (κ3) is 3.14. The van der Waals surface area contributed by atoms with Crippen molar-refractivity contribution in [3.05, 3.63) is 23.5 Å². The minimum atomic E-state index is -0.454. The Balaban J connectivity index is 1.70. The number of nitrogens with zero attached hydrogens (tertiary/aromatic N) is 3. The number of hydrogen-bond acceptors (Lipinski definition) is 4. The maximum atomic E-state index is 12.4. The molecule has 1 saturated heterocycles. The van der Waals surface area contributed by atoms with E-state index in [0.717, 1.165) is 31.6 Å². The topological polar surface area (TPSA) is 45.7 Å². The zero-order chi connectivity index (χ0) is 16.0. The van der Waals surface area contributed by atoms with Crippen LogP contribution >= 0.6 is 11.6 Å². The fourth-order valence-electron chi connectivity index (χ4n) is 2.93. The Kier molecular flexibility index (Phi) is 3.71. The van der Waals surface area contributed by atoms with Gasteiger partial charge in [-0.05, 0) is 45.7 Å². The van der Waals surface area contributed by atoms with E-state index in [4.69, 9.17) is 16.3 Å². The van der Waals surface area contributed by atoms with Crippen LogP contribution in [0.15, 0.2) is 18.3 Å². The first-order chi connectivity index (χ1) is 10.3. The Labute approximate surface area is 136 Å². The molecule has 1 spiro atoms. The predicted octanol–water partition coefficient (Wildman–Crippen LogP) is 3.32. The molecule has 1 saturated carbocycles. The molecular formula is C16H22ClN3O2. The fraction of sp³-hybridized carbons (Fsp3) is 0.625. The molecule has 0 unspecified atom stereocenters. The standard InChI is InChI=1S/C16H22ClN3O2/c1-15(2,3)22-14(21)20-9-8-19(11-16(20)6-7-16)12-4-5-13(17)18-10-12/h4-5,10H,6-9,11H2,1-3H3. The molecule has 2 heterocycles. The average molecular weight is 324 g/mol. The molecule has 2 fully saturated rings. The zero-order valence-corrected chi connectivity index (χ0v) is 14.1. The van der Waals surface area contributed by atoms with E-state index in [1.165, 1.54) is 0 Å². The van der Waals surface area contributed by atoms with Gasteiger partial charge in [0.15, 0.2) is 0 Å². The highest BCUT2D eigenvalue weighted by Crippen LogP contribution is 2.45. The fourth-order valence-corrected chi connectivity index (χ4v) is 3.04. The van der Waals surface area contributed by atoms with Crippen molar-refractivity contribution in [3.8, 4) is 0 Å². The first-order valence-corrected chi connectivity index (χ1v) is 8.04. The summed E-state index contributed by atoms with van der Waals surface area (Å²) in [6, 6.07) is 3.78. The predicted molar refractivity (Wildman–Crippen MR) is 86.4 cm³/mol. The van der Waals surface area contributed by atoms with Gasteiger partial charge in [0.1, 0.15) is 10.8 Å². The van der Waals surface area contributed by atoms with E-state index in [9.17, 15) is 4.79 Å². The highest BCUT2D eigenvalue weighted by atomic mass is 35.5. The van der Waals surface area contributed by atoms with Crippen molar-refractivity contribution in [2.24, 2.45) is 0 Å². The lowest BCUT2D eigenvalue weighted by atomic mass is 10.1. The normalized spacial score (nSPS) is 20.2. The number of halogens is 1. The number of piperazine rings is 1. The van der Waals surface area contributed by atoms with Crippen molar-refractivity contribution in [1.82, 2.24) is 9.88 Å². The molecule has 22 heavy (non-hydrogen) atoms. The molecule has 1 aromatic rings. The molecule has 0 atom stereocenters. The van der Waals surface area contributed by atoms with Gasteiger partial charge in [0.2, 0.25) is 0 Å². The van der Waals surface area contributed by atoms with Gasteiger partial charge in [0.05, 0.1) is 17.4 Å². The molecular weight excluding hydrogens is 302 g/mol. The van der Waals surface area contributed by atoms with E-state index >= 15 is 0 Å². The smallest absolute Gasteiger partial charge is 0.410 e. The number of rotatable bonds is 1. The second-order valence-corrected chi connectivity index (χ2v) is 7.50. The van der Waals surface area contributed by atoms with Gasteiger partial charge >= 0.3 is 6.09 Å². The van der Waals surface area contributed by atoms with E-state index in [-0.39, 0.29) is 11.6 Å². The summed E-state index contributed by atoms with van der Waals surface area (Å²) < 4.78 is 5.55. The van der Waals surface area contributed by atoms with E-state index < -0.39 is 5.60 Å². The molecule has 1 aliphatic heterocycles.